The number of rotatable bonds is 6. The Labute approximate surface area is 159 Å². The van der Waals surface area contributed by atoms with Crippen LogP contribution < -0.4 is 0 Å². The molecule has 0 spiro atoms. The van der Waals surface area contributed by atoms with Crippen LogP contribution in [0, 0.1) is 19.8 Å². The van der Waals surface area contributed by atoms with Crippen LogP contribution in [0.15, 0.2) is 47.1 Å². The van der Waals surface area contributed by atoms with Crippen LogP contribution in [-0.2, 0) is 17.7 Å². The van der Waals surface area contributed by atoms with Crippen molar-refractivity contribution in [3.63, 3.8) is 0 Å². The largest absolute Gasteiger partial charge is 0.380 e. The fourth-order valence-electron chi connectivity index (χ4n) is 3.90. The van der Waals surface area contributed by atoms with Gasteiger partial charge in [-0.15, -0.1) is 0 Å². The number of hydrogen-bond donors (Lipinski definition) is 0. The molecule has 3 heterocycles. The third-order valence-electron chi connectivity index (χ3n) is 5.31. The Morgan fingerprint density at radius 1 is 1.19 bits per heavy atom. The van der Waals surface area contributed by atoms with Gasteiger partial charge in [0.05, 0.1) is 23.2 Å². The molecule has 2 aromatic heterocycles. The number of hydrogen-bond acceptors (Lipinski definition) is 5. The van der Waals surface area contributed by atoms with Crippen molar-refractivity contribution in [2.75, 3.05) is 20.2 Å². The van der Waals surface area contributed by atoms with Gasteiger partial charge in [0.15, 0.2) is 0 Å². The zero-order valence-corrected chi connectivity index (χ0v) is 16.1. The van der Waals surface area contributed by atoms with Gasteiger partial charge in [0, 0.05) is 56.9 Å². The zero-order valence-electron chi connectivity index (χ0n) is 16.1. The first-order chi connectivity index (χ1) is 13.1. The summed E-state index contributed by atoms with van der Waals surface area (Å²) >= 11 is 0. The van der Waals surface area contributed by atoms with Crippen molar-refractivity contribution >= 4 is 0 Å². The van der Waals surface area contributed by atoms with Crippen LogP contribution in [0.4, 0.5) is 0 Å². The molecule has 27 heavy (non-hydrogen) atoms. The van der Waals surface area contributed by atoms with Crippen LogP contribution >= 0.6 is 0 Å². The van der Waals surface area contributed by atoms with Gasteiger partial charge in [0.25, 0.3) is 0 Å². The summed E-state index contributed by atoms with van der Waals surface area (Å²) < 4.78 is 13.1. The van der Waals surface area contributed by atoms with Crippen molar-refractivity contribution in [3.8, 4) is 5.69 Å². The van der Waals surface area contributed by atoms with Gasteiger partial charge in [0.1, 0.15) is 5.76 Å². The molecule has 0 unspecified atom stereocenters. The number of aromatic nitrogens is 3. The van der Waals surface area contributed by atoms with Crippen molar-refractivity contribution in [3.05, 3.63) is 65.3 Å². The first-order valence-electron chi connectivity index (χ1n) is 9.40. The molecule has 1 aliphatic rings. The Hall–Kier alpha value is -2.44. The number of methoxy groups -OCH3 is 1. The standard InChI is InChI=1S/C21H26N4O2/c1-15-9-20(27-23-15)10-17-11-24(14-21(17)26-3)12-18-13-25(22-16(18)2)19-7-5-4-6-8-19/h4-9,13,17,21H,10-12,14H2,1-3H3/t17-,21+/m1/s1. The predicted molar refractivity (Wildman–Crippen MR) is 103 cm³/mol. The number of likely N-dealkylation sites (tertiary alicyclic amines) is 1. The molecular formula is C21H26N4O2. The molecule has 0 amide bonds. The highest BCUT2D eigenvalue weighted by molar-refractivity contribution is 5.32. The maximum Gasteiger partial charge on any atom is 0.137 e. The molecule has 0 saturated carbocycles. The highest BCUT2D eigenvalue weighted by atomic mass is 16.5. The van der Waals surface area contributed by atoms with Gasteiger partial charge in [-0.05, 0) is 26.0 Å². The van der Waals surface area contributed by atoms with E-state index in [9.17, 15) is 0 Å². The summed E-state index contributed by atoms with van der Waals surface area (Å²) in [6.07, 6.45) is 3.21. The molecular weight excluding hydrogens is 340 g/mol. The monoisotopic (exact) mass is 366 g/mol. The quantitative estimate of drug-likeness (QED) is 0.671. The van der Waals surface area contributed by atoms with E-state index in [1.54, 1.807) is 7.11 Å². The number of ether oxygens (including phenoxy) is 1. The number of benzene rings is 1. The topological polar surface area (TPSA) is 56.3 Å². The molecule has 1 fully saturated rings. The summed E-state index contributed by atoms with van der Waals surface area (Å²) in [6, 6.07) is 12.2. The highest BCUT2D eigenvalue weighted by Crippen LogP contribution is 2.26. The van der Waals surface area contributed by atoms with E-state index in [2.05, 4.69) is 40.4 Å². The van der Waals surface area contributed by atoms with E-state index in [0.29, 0.717) is 5.92 Å². The first-order valence-corrected chi connectivity index (χ1v) is 9.40. The van der Waals surface area contributed by atoms with Gasteiger partial charge >= 0.3 is 0 Å². The molecule has 6 heteroatoms. The molecule has 1 saturated heterocycles. The number of para-hydroxylation sites is 1. The molecule has 0 aliphatic carbocycles. The lowest BCUT2D eigenvalue weighted by atomic mass is 10.0. The van der Waals surface area contributed by atoms with Crippen LogP contribution in [-0.4, -0.2) is 46.1 Å². The fourth-order valence-corrected chi connectivity index (χ4v) is 3.90. The van der Waals surface area contributed by atoms with Crippen molar-refractivity contribution in [2.45, 2.75) is 32.9 Å². The Morgan fingerprint density at radius 2 is 2.00 bits per heavy atom. The lowest BCUT2D eigenvalue weighted by Crippen LogP contribution is -2.23. The Kier molecular flexibility index (Phi) is 5.09. The summed E-state index contributed by atoms with van der Waals surface area (Å²) in [5.74, 6) is 1.35. The van der Waals surface area contributed by atoms with E-state index in [-0.39, 0.29) is 6.10 Å². The Balaban J connectivity index is 1.44. The lowest BCUT2D eigenvalue weighted by Gasteiger charge is -2.14. The normalized spacial score (nSPS) is 20.4. The van der Waals surface area contributed by atoms with Crippen LogP contribution in [0.3, 0.4) is 0 Å². The molecule has 4 rings (SSSR count). The van der Waals surface area contributed by atoms with Crippen molar-refractivity contribution < 1.29 is 9.26 Å². The summed E-state index contributed by atoms with van der Waals surface area (Å²) in [6.45, 7) is 6.81. The smallest absolute Gasteiger partial charge is 0.137 e. The predicted octanol–water partition coefficient (Wildman–Crippen LogP) is 3.17. The number of aryl methyl sites for hydroxylation is 2. The minimum Gasteiger partial charge on any atom is -0.380 e. The van der Waals surface area contributed by atoms with Gasteiger partial charge in [0.2, 0.25) is 0 Å². The minimum absolute atomic E-state index is 0.208. The average Bonchev–Trinajstić information content (AvgIpc) is 3.36. The molecule has 1 aliphatic heterocycles. The molecule has 2 atom stereocenters. The second kappa shape index (κ2) is 7.66. The van der Waals surface area contributed by atoms with Gasteiger partial charge in [-0.3, -0.25) is 4.90 Å². The molecule has 0 bridgehead atoms. The SMILES string of the molecule is CO[C@H]1CN(Cc2cn(-c3ccccc3)nc2C)C[C@H]1Cc1cc(C)no1. The van der Waals surface area contributed by atoms with E-state index < -0.39 is 0 Å². The van der Waals surface area contributed by atoms with Crippen molar-refractivity contribution in [1.29, 1.82) is 0 Å². The third kappa shape index (κ3) is 3.96. The van der Waals surface area contributed by atoms with Crippen LogP contribution in [0.5, 0.6) is 0 Å². The van der Waals surface area contributed by atoms with E-state index >= 15 is 0 Å². The molecule has 0 radical (unpaired) electrons. The van der Waals surface area contributed by atoms with Crippen molar-refractivity contribution in [2.24, 2.45) is 5.92 Å². The summed E-state index contributed by atoms with van der Waals surface area (Å²) in [4.78, 5) is 2.45. The molecule has 1 aromatic carbocycles. The maximum absolute atomic E-state index is 5.75. The number of nitrogens with zero attached hydrogens (tertiary/aromatic N) is 4. The second-order valence-corrected chi connectivity index (χ2v) is 7.39. The van der Waals surface area contributed by atoms with Gasteiger partial charge < -0.3 is 9.26 Å². The van der Waals surface area contributed by atoms with Crippen LogP contribution in [0.2, 0.25) is 0 Å². The summed E-state index contributed by atoms with van der Waals surface area (Å²) in [5, 5.41) is 8.69. The van der Waals surface area contributed by atoms with E-state index in [0.717, 1.165) is 48.9 Å². The summed E-state index contributed by atoms with van der Waals surface area (Å²) in [5.41, 5.74) is 4.34. The van der Waals surface area contributed by atoms with E-state index in [1.807, 2.05) is 35.9 Å². The zero-order chi connectivity index (χ0) is 18.8. The maximum atomic E-state index is 5.75. The van der Waals surface area contributed by atoms with E-state index in [1.165, 1.54) is 5.56 Å². The first kappa shape index (κ1) is 17.9. The van der Waals surface area contributed by atoms with E-state index in [4.69, 9.17) is 9.26 Å². The second-order valence-electron chi connectivity index (χ2n) is 7.39. The molecule has 3 aromatic rings. The average molecular weight is 366 g/mol. The molecule has 142 valence electrons. The highest BCUT2D eigenvalue weighted by Gasteiger charge is 2.34. The third-order valence-corrected chi connectivity index (χ3v) is 5.31. The molecule has 6 nitrogen and oxygen atoms in total. The minimum atomic E-state index is 0.208. The van der Waals surface area contributed by atoms with Crippen molar-refractivity contribution in [1.82, 2.24) is 19.8 Å². The Bertz CT molecular complexity index is 887. The van der Waals surface area contributed by atoms with Gasteiger partial charge in [-0.2, -0.15) is 5.10 Å². The molecule has 0 N–H and O–H groups in total. The van der Waals surface area contributed by atoms with Gasteiger partial charge in [-0.25, -0.2) is 4.68 Å². The lowest BCUT2D eigenvalue weighted by molar-refractivity contribution is 0.0761. The van der Waals surface area contributed by atoms with Crippen LogP contribution in [0.1, 0.15) is 22.7 Å². The van der Waals surface area contributed by atoms with Crippen LogP contribution in [0.25, 0.3) is 5.69 Å². The fraction of sp³-hybridized carbons (Fsp3) is 0.429. The van der Waals surface area contributed by atoms with Gasteiger partial charge in [-0.1, -0.05) is 23.4 Å². The summed E-state index contributed by atoms with van der Waals surface area (Å²) in [7, 11) is 1.80. The Morgan fingerprint density at radius 3 is 2.70 bits per heavy atom.